The van der Waals surface area contributed by atoms with Crippen LogP contribution in [0.5, 0.6) is 0 Å². The Morgan fingerprint density at radius 3 is 2.43 bits per heavy atom. The molecule has 2 N–H and O–H groups in total. The van der Waals surface area contributed by atoms with Crippen LogP contribution in [-0.4, -0.2) is 35.4 Å². The van der Waals surface area contributed by atoms with Crippen LogP contribution < -0.4 is 10.6 Å². The van der Waals surface area contributed by atoms with Crippen molar-refractivity contribution in [1.29, 1.82) is 0 Å². The van der Waals surface area contributed by atoms with Crippen LogP contribution in [0.3, 0.4) is 0 Å². The van der Waals surface area contributed by atoms with Crippen LogP contribution in [-0.2, 0) is 14.3 Å². The Hall–Kier alpha value is -2.64. The van der Waals surface area contributed by atoms with Crippen LogP contribution in [0.15, 0.2) is 42.6 Å². The standard InChI is InChI=1S/C19H19Cl2N3O4/c1-11(2)16(24-18(26)12-6-4-3-5-7-12)19(27)28-10-15(25)23-17-14(21)8-13(20)9-22-17/h3-9,11,16H,10H2,1-2H3,(H,24,26)(H,22,23,25)/t16-/m1/s1. The normalized spacial score (nSPS) is 11.6. The number of amides is 2. The van der Waals surface area contributed by atoms with E-state index in [1.165, 1.54) is 12.3 Å². The number of nitrogens with zero attached hydrogens (tertiary/aromatic N) is 1. The van der Waals surface area contributed by atoms with Crippen LogP contribution >= 0.6 is 23.2 Å². The molecular formula is C19H19Cl2N3O4. The van der Waals surface area contributed by atoms with Gasteiger partial charge in [-0.05, 0) is 24.1 Å². The monoisotopic (exact) mass is 423 g/mol. The van der Waals surface area contributed by atoms with Crippen LogP contribution in [0.4, 0.5) is 5.82 Å². The molecule has 0 saturated carbocycles. The third-order valence-corrected chi connectivity index (χ3v) is 4.15. The van der Waals surface area contributed by atoms with Crippen LogP contribution in [0, 0.1) is 5.92 Å². The van der Waals surface area contributed by atoms with E-state index in [2.05, 4.69) is 15.6 Å². The third-order valence-electron chi connectivity index (χ3n) is 3.65. The molecule has 0 spiro atoms. The maximum Gasteiger partial charge on any atom is 0.329 e. The summed E-state index contributed by atoms with van der Waals surface area (Å²) < 4.78 is 5.04. The number of rotatable bonds is 7. The van der Waals surface area contributed by atoms with Gasteiger partial charge in [-0.3, -0.25) is 9.59 Å². The Bertz CT molecular complexity index is 860. The summed E-state index contributed by atoms with van der Waals surface area (Å²) in [6, 6.07) is 9.01. The maximum atomic E-state index is 12.3. The topological polar surface area (TPSA) is 97.4 Å². The van der Waals surface area contributed by atoms with E-state index in [4.69, 9.17) is 27.9 Å². The second kappa shape index (κ2) is 10.1. The number of hydrogen-bond donors (Lipinski definition) is 2. The van der Waals surface area contributed by atoms with Gasteiger partial charge in [0.05, 0.1) is 10.0 Å². The highest BCUT2D eigenvalue weighted by atomic mass is 35.5. The predicted octanol–water partition coefficient (Wildman–Crippen LogP) is 3.32. The van der Waals surface area contributed by atoms with Crippen molar-refractivity contribution >= 4 is 46.8 Å². The summed E-state index contributed by atoms with van der Waals surface area (Å²) in [5.41, 5.74) is 0.419. The number of ether oxygens (including phenoxy) is 1. The van der Waals surface area contributed by atoms with E-state index < -0.39 is 30.4 Å². The van der Waals surface area contributed by atoms with E-state index in [1.807, 2.05) is 0 Å². The van der Waals surface area contributed by atoms with Gasteiger partial charge in [0.15, 0.2) is 12.4 Å². The van der Waals surface area contributed by atoms with E-state index >= 15 is 0 Å². The second-order valence-corrected chi connectivity index (χ2v) is 7.04. The Kier molecular flexibility index (Phi) is 7.78. The molecule has 0 radical (unpaired) electrons. The SMILES string of the molecule is CC(C)[C@@H](NC(=O)c1ccccc1)C(=O)OCC(=O)Nc1ncc(Cl)cc1Cl. The fraction of sp³-hybridized carbons (Fsp3) is 0.263. The number of carbonyl (C=O) groups is 3. The highest BCUT2D eigenvalue weighted by molar-refractivity contribution is 6.36. The number of carbonyl (C=O) groups excluding carboxylic acids is 3. The molecule has 148 valence electrons. The smallest absolute Gasteiger partial charge is 0.329 e. The number of aromatic nitrogens is 1. The zero-order valence-electron chi connectivity index (χ0n) is 15.2. The zero-order valence-corrected chi connectivity index (χ0v) is 16.8. The minimum Gasteiger partial charge on any atom is -0.454 e. The van der Waals surface area contributed by atoms with Crippen molar-refractivity contribution in [2.45, 2.75) is 19.9 Å². The first-order valence-corrected chi connectivity index (χ1v) is 9.17. The summed E-state index contributed by atoms with van der Waals surface area (Å²) in [6.07, 6.45) is 1.32. The Labute approximate surface area is 172 Å². The van der Waals surface area contributed by atoms with Crippen LogP contribution in [0.25, 0.3) is 0 Å². The first kappa shape index (κ1) is 21.7. The highest BCUT2D eigenvalue weighted by Crippen LogP contribution is 2.22. The van der Waals surface area contributed by atoms with Gasteiger partial charge in [0, 0.05) is 11.8 Å². The summed E-state index contributed by atoms with van der Waals surface area (Å²) in [4.78, 5) is 40.5. The number of halogens is 2. The average Bonchev–Trinajstić information content (AvgIpc) is 2.66. The molecule has 7 nitrogen and oxygen atoms in total. The van der Waals surface area contributed by atoms with E-state index in [-0.39, 0.29) is 16.8 Å². The van der Waals surface area contributed by atoms with Crippen molar-refractivity contribution in [3.63, 3.8) is 0 Å². The molecule has 0 fully saturated rings. The van der Waals surface area contributed by atoms with Gasteiger partial charge in [-0.25, -0.2) is 9.78 Å². The molecule has 1 aromatic heterocycles. The third kappa shape index (κ3) is 6.21. The number of hydrogen-bond acceptors (Lipinski definition) is 5. The molecule has 2 amide bonds. The van der Waals surface area contributed by atoms with E-state index in [1.54, 1.807) is 44.2 Å². The minimum absolute atomic E-state index is 0.102. The van der Waals surface area contributed by atoms with Crippen molar-refractivity contribution < 1.29 is 19.1 Å². The van der Waals surface area contributed by atoms with Gasteiger partial charge < -0.3 is 15.4 Å². The molecule has 2 aromatic rings. The minimum atomic E-state index is -0.905. The first-order valence-electron chi connectivity index (χ1n) is 8.41. The Morgan fingerprint density at radius 2 is 1.82 bits per heavy atom. The summed E-state index contributed by atoms with van der Waals surface area (Å²) >= 11 is 11.7. The second-order valence-electron chi connectivity index (χ2n) is 6.20. The zero-order chi connectivity index (χ0) is 20.7. The predicted molar refractivity (Wildman–Crippen MR) is 106 cm³/mol. The molecule has 9 heteroatoms. The lowest BCUT2D eigenvalue weighted by Gasteiger charge is -2.20. The molecular weight excluding hydrogens is 405 g/mol. The summed E-state index contributed by atoms with van der Waals surface area (Å²) in [7, 11) is 0. The van der Waals surface area contributed by atoms with Gasteiger partial charge in [-0.2, -0.15) is 0 Å². The number of pyridine rings is 1. The maximum absolute atomic E-state index is 12.3. The molecule has 2 rings (SSSR count). The lowest BCUT2D eigenvalue weighted by molar-refractivity contribution is -0.150. The number of esters is 1. The molecule has 28 heavy (non-hydrogen) atoms. The molecule has 0 bridgehead atoms. The van der Waals surface area contributed by atoms with E-state index in [0.717, 1.165) is 0 Å². The number of anilines is 1. The van der Waals surface area contributed by atoms with Gasteiger partial charge >= 0.3 is 5.97 Å². The van der Waals surface area contributed by atoms with E-state index in [0.29, 0.717) is 10.6 Å². The van der Waals surface area contributed by atoms with Gasteiger partial charge in [0.25, 0.3) is 11.8 Å². The van der Waals surface area contributed by atoms with Gasteiger partial charge in [-0.1, -0.05) is 55.2 Å². The molecule has 1 aromatic carbocycles. The molecule has 0 saturated heterocycles. The molecule has 1 atom stereocenters. The van der Waals surface area contributed by atoms with Gasteiger partial charge in [0.1, 0.15) is 6.04 Å². The fourth-order valence-electron chi connectivity index (χ4n) is 2.21. The molecule has 0 aliphatic heterocycles. The van der Waals surface area contributed by atoms with Gasteiger partial charge in [0.2, 0.25) is 0 Å². The van der Waals surface area contributed by atoms with Crippen LogP contribution in [0.2, 0.25) is 10.0 Å². The van der Waals surface area contributed by atoms with Crippen LogP contribution in [0.1, 0.15) is 24.2 Å². The van der Waals surface area contributed by atoms with Crippen molar-refractivity contribution in [1.82, 2.24) is 10.3 Å². The summed E-state index contributed by atoms with van der Waals surface area (Å²) in [6.45, 7) is 2.97. The Morgan fingerprint density at radius 1 is 1.14 bits per heavy atom. The lowest BCUT2D eigenvalue weighted by Crippen LogP contribution is -2.45. The number of benzene rings is 1. The fourth-order valence-corrected chi connectivity index (χ4v) is 2.64. The van der Waals surface area contributed by atoms with Crippen molar-refractivity contribution in [3.8, 4) is 0 Å². The van der Waals surface area contributed by atoms with Gasteiger partial charge in [-0.15, -0.1) is 0 Å². The molecule has 0 aliphatic carbocycles. The quantitative estimate of drug-likeness (QED) is 0.665. The summed E-state index contributed by atoms with van der Waals surface area (Å²) in [5.74, 6) is -1.88. The van der Waals surface area contributed by atoms with Crippen molar-refractivity contribution in [3.05, 3.63) is 58.2 Å². The van der Waals surface area contributed by atoms with Crippen molar-refractivity contribution in [2.24, 2.45) is 5.92 Å². The first-order chi connectivity index (χ1) is 13.3. The molecule has 0 aliphatic rings. The Balaban J connectivity index is 1.92. The number of nitrogens with one attached hydrogen (secondary N) is 2. The summed E-state index contributed by atoms with van der Waals surface area (Å²) in [5, 5.41) is 5.53. The molecule has 0 unspecified atom stereocenters. The largest absolute Gasteiger partial charge is 0.454 e. The lowest BCUT2D eigenvalue weighted by atomic mass is 10.0. The molecule has 1 heterocycles. The van der Waals surface area contributed by atoms with E-state index in [9.17, 15) is 14.4 Å². The van der Waals surface area contributed by atoms with Crippen molar-refractivity contribution in [2.75, 3.05) is 11.9 Å². The highest BCUT2D eigenvalue weighted by Gasteiger charge is 2.26. The average molecular weight is 424 g/mol.